The molecule has 2 rings (SSSR count). The lowest BCUT2D eigenvalue weighted by Gasteiger charge is -2.07. The summed E-state index contributed by atoms with van der Waals surface area (Å²) in [6.45, 7) is 1.95. The van der Waals surface area contributed by atoms with Gasteiger partial charge in [0.2, 0.25) is 0 Å². The van der Waals surface area contributed by atoms with Gasteiger partial charge in [0.1, 0.15) is 0 Å². The number of hydrogen-bond acceptors (Lipinski definition) is 3. The van der Waals surface area contributed by atoms with Crippen LogP contribution in [-0.2, 0) is 7.05 Å². The Morgan fingerprint density at radius 2 is 2.13 bits per heavy atom. The van der Waals surface area contributed by atoms with Crippen LogP contribution in [0.15, 0.2) is 23.0 Å². The Balaban J connectivity index is 2.91. The Morgan fingerprint density at radius 3 is 2.80 bits per heavy atom. The summed E-state index contributed by atoms with van der Waals surface area (Å²) in [7, 11) is 3.15. The van der Waals surface area contributed by atoms with Crippen LogP contribution in [0.1, 0.15) is 5.56 Å². The van der Waals surface area contributed by atoms with Gasteiger partial charge in [0, 0.05) is 7.05 Å². The highest BCUT2D eigenvalue weighted by Crippen LogP contribution is 2.13. The van der Waals surface area contributed by atoms with Crippen molar-refractivity contribution >= 4 is 10.9 Å². The summed E-state index contributed by atoms with van der Waals surface area (Å²) >= 11 is 0. The molecule has 0 radical (unpaired) electrons. The van der Waals surface area contributed by atoms with Crippen LogP contribution in [0.5, 0.6) is 6.01 Å². The molecule has 4 nitrogen and oxygen atoms in total. The van der Waals surface area contributed by atoms with E-state index in [1.54, 1.807) is 7.05 Å². The van der Waals surface area contributed by atoms with E-state index in [0.29, 0.717) is 16.9 Å². The average Bonchev–Trinajstić information content (AvgIpc) is 2.24. The van der Waals surface area contributed by atoms with E-state index >= 15 is 0 Å². The zero-order valence-corrected chi connectivity index (χ0v) is 8.94. The van der Waals surface area contributed by atoms with Gasteiger partial charge in [-0.2, -0.15) is 4.98 Å². The van der Waals surface area contributed by atoms with Gasteiger partial charge < -0.3 is 4.74 Å². The lowest BCUT2D eigenvalue weighted by atomic mass is 10.2. The standard InChI is InChI=1S/C11H12N2O2/c1-7-4-5-9-8(6-7)10(14)13(2)11(12-9)15-3/h4-6H,1-3H3. The van der Waals surface area contributed by atoms with Crippen molar-refractivity contribution in [1.29, 1.82) is 0 Å². The number of nitrogens with zero attached hydrogens (tertiary/aromatic N) is 2. The maximum absolute atomic E-state index is 11.9. The minimum Gasteiger partial charge on any atom is -0.468 e. The van der Waals surface area contributed by atoms with Crippen LogP contribution in [0.4, 0.5) is 0 Å². The first-order chi connectivity index (χ1) is 7.13. The summed E-state index contributed by atoms with van der Waals surface area (Å²) in [5.41, 5.74) is 1.63. The number of fused-ring (bicyclic) bond motifs is 1. The predicted molar refractivity (Wildman–Crippen MR) is 58.3 cm³/mol. The number of methoxy groups -OCH3 is 1. The van der Waals surface area contributed by atoms with Gasteiger partial charge in [-0.1, -0.05) is 11.6 Å². The molecule has 0 saturated heterocycles. The number of ether oxygens (including phenoxy) is 1. The molecule has 0 aliphatic carbocycles. The minimum absolute atomic E-state index is 0.0828. The third kappa shape index (κ3) is 1.48. The van der Waals surface area contributed by atoms with E-state index in [1.807, 2.05) is 25.1 Å². The summed E-state index contributed by atoms with van der Waals surface area (Å²) in [5, 5.41) is 0.623. The first-order valence-corrected chi connectivity index (χ1v) is 4.65. The molecule has 0 aliphatic rings. The molecular weight excluding hydrogens is 192 g/mol. The molecule has 1 heterocycles. The SMILES string of the molecule is COc1nc2ccc(C)cc2c(=O)n1C. The van der Waals surface area contributed by atoms with Gasteiger partial charge in [0.15, 0.2) is 0 Å². The second kappa shape index (κ2) is 3.38. The van der Waals surface area contributed by atoms with Gasteiger partial charge >= 0.3 is 0 Å². The van der Waals surface area contributed by atoms with E-state index in [9.17, 15) is 4.79 Å². The van der Waals surface area contributed by atoms with Crippen molar-refractivity contribution in [3.8, 4) is 6.01 Å². The molecule has 0 unspecified atom stereocenters. The average molecular weight is 204 g/mol. The fraction of sp³-hybridized carbons (Fsp3) is 0.273. The summed E-state index contributed by atoms with van der Waals surface area (Å²) in [5.74, 6) is 0. The monoisotopic (exact) mass is 204 g/mol. The first-order valence-electron chi connectivity index (χ1n) is 4.65. The summed E-state index contributed by atoms with van der Waals surface area (Å²) < 4.78 is 6.42. The molecule has 1 aromatic heterocycles. The van der Waals surface area contributed by atoms with Crippen molar-refractivity contribution in [2.24, 2.45) is 7.05 Å². The minimum atomic E-state index is -0.0828. The molecule has 4 heteroatoms. The van der Waals surface area contributed by atoms with Crippen LogP contribution >= 0.6 is 0 Å². The second-order valence-corrected chi connectivity index (χ2v) is 3.48. The molecule has 0 amide bonds. The Morgan fingerprint density at radius 1 is 1.40 bits per heavy atom. The van der Waals surface area contributed by atoms with E-state index in [2.05, 4.69) is 4.98 Å². The third-order valence-electron chi connectivity index (χ3n) is 2.37. The Labute approximate surface area is 87.1 Å². The lowest BCUT2D eigenvalue weighted by molar-refractivity contribution is 0.359. The summed E-state index contributed by atoms with van der Waals surface area (Å²) in [6.07, 6.45) is 0. The van der Waals surface area contributed by atoms with E-state index in [0.717, 1.165) is 5.56 Å². The van der Waals surface area contributed by atoms with Crippen molar-refractivity contribution in [1.82, 2.24) is 9.55 Å². The quantitative estimate of drug-likeness (QED) is 0.702. The molecule has 0 bridgehead atoms. The summed E-state index contributed by atoms with van der Waals surface area (Å²) in [4.78, 5) is 16.1. The number of rotatable bonds is 1. The largest absolute Gasteiger partial charge is 0.468 e. The van der Waals surface area contributed by atoms with Crippen molar-refractivity contribution in [2.75, 3.05) is 7.11 Å². The van der Waals surface area contributed by atoms with E-state index in [-0.39, 0.29) is 5.56 Å². The van der Waals surface area contributed by atoms with Gasteiger partial charge in [0.25, 0.3) is 11.6 Å². The van der Waals surface area contributed by atoms with Crippen LogP contribution < -0.4 is 10.3 Å². The molecule has 0 saturated carbocycles. The molecule has 0 spiro atoms. The molecule has 0 atom stereocenters. The third-order valence-corrected chi connectivity index (χ3v) is 2.37. The van der Waals surface area contributed by atoms with Crippen LogP contribution in [0.3, 0.4) is 0 Å². The fourth-order valence-electron chi connectivity index (χ4n) is 1.55. The van der Waals surface area contributed by atoms with Crippen LogP contribution in [-0.4, -0.2) is 16.7 Å². The lowest BCUT2D eigenvalue weighted by Crippen LogP contribution is -2.19. The van der Waals surface area contributed by atoms with Gasteiger partial charge in [-0.05, 0) is 19.1 Å². The Kier molecular flexibility index (Phi) is 2.19. The van der Waals surface area contributed by atoms with E-state index in [1.165, 1.54) is 11.7 Å². The number of hydrogen-bond donors (Lipinski definition) is 0. The molecule has 0 N–H and O–H groups in total. The number of aromatic nitrogens is 2. The van der Waals surface area contributed by atoms with E-state index in [4.69, 9.17) is 4.74 Å². The van der Waals surface area contributed by atoms with Gasteiger partial charge in [-0.15, -0.1) is 0 Å². The van der Waals surface area contributed by atoms with Crippen LogP contribution in [0.25, 0.3) is 10.9 Å². The van der Waals surface area contributed by atoms with Crippen molar-refractivity contribution in [3.05, 3.63) is 34.1 Å². The van der Waals surface area contributed by atoms with Crippen molar-refractivity contribution < 1.29 is 4.74 Å². The highest BCUT2D eigenvalue weighted by atomic mass is 16.5. The molecule has 1 aromatic carbocycles. The molecule has 2 aromatic rings. The summed E-state index contributed by atoms with van der Waals surface area (Å²) in [6, 6.07) is 5.92. The normalized spacial score (nSPS) is 10.6. The predicted octanol–water partition coefficient (Wildman–Crippen LogP) is 1.25. The molecule has 15 heavy (non-hydrogen) atoms. The van der Waals surface area contributed by atoms with Crippen molar-refractivity contribution in [2.45, 2.75) is 6.92 Å². The fourth-order valence-corrected chi connectivity index (χ4v) is 1.55. The Hall–Kier alpha value is -1.84. The zero-order valence-electron chi connectivity index (χ0n) is 8.94. The zero-order chi connectivity index (χ0) is 11.0. The molecule has 0 fully saturated rings. The van der Waals surface area contributed by atoms with Gasteiger partial charge in [-0.25, -0.2) is 0 Å². The highest BCUT2D eigenvalue weighted by molar-refractivity contribution is 5.78. The highest BCUT2D eigenvalue weighted by Gasteiger charge is 2.07. The van der Waals surface area contributed by atoms with Crippen LogP contribution in [0.2, 0.25) is 0 Å². The molecular formula is C11H12N2O2. The second-order valence-electron chi connectivity index (χ2n) is 3.48. The van der Waals surface area contributed by atoms with Gasteiger partial charge in [-0.3, -0.25) is 9.36 Å². The van der Waals surface area contributed by atoms with Crippen molar-refractivity contribution in [3.63, 3.8) is 0 Å². The maximum atomic E-state index is 11.9. The number of benzene rings is 1. The first kappa shape index (κ1) is 9.71. The van der Waals surface area contributed by atoms with Gasteiger partial charge in [0.05, 0.1) is 18.0 Å². The van der Waals surface area contributed by atoms with Crippen LogP contribution in [0, 0.1) is 6.92 Å². The topological polar surface area (TPSA) is 44.1 Å². The molecule has 78 valence electrons. The van der Waals surface area contributed by atoms with E-state index < -0.39 is 0 Å². The smallest absolute Gasteiger partial charge is 0.299 e. The maximum Gasteiger partial charge on any atom is 0.299 e. The molecule has 0 aliphatic heterocycles. The Bertz CT molecular complexity index is 573. The number of aryl methyl sites for hydroxylation is 1.